The Balaban J connectivity index is 2.18. The summed E-state index contributed by atoms with van der Waals surface area (Å²) >= 11 is 0. The van der Waals surface area contributed by atoms with Crippen LogP contribution >= 0.6 is 0 Å². The fourth-order valence-corrected chi connectivity index (χ4v) is 2.37. The van der Waals surface area contributed by atoms with Crippen LogP contribution in [0, 0.1) is 20.8 Å². The van der Waals surface area contributed by atoms with Crippen LogP contribution in [0.3, 0.4) is 0 Å². The van der Waals surface area contributed by atoms with Crippen molar-refractivity contribution in [2.24, 2.45) is 0 Å². The standard InChI is InChI=1S/C17H22N2O2/c1-5-21-17(20)10-16-13(3)18-19(14(16)4)11-15-8-6-12(2)7-9-15/h6-9H,5,10-11H2,1-4H3. The average Bonchev–Trinajstić information content (AvgIpc) is 2.69. The molecule has 1 aromatic heterocycles. The molecule has 1 heterocycles. The molecule has 0 aliphatic heterocycles. The van der Waals surface area contributed by atoms with Gasteiger partial charge in [0.25, 0.3) is 0 Å². The van der Waals surface area contributed by atoms with Crippen molar-refractivity contribution < 1.29 is 9.53 Å². The van der Waals surface area contributed by atoms with E-state index < -0.39 is 0 Å². The van der Waals surface area contributed by atoms with E-state index in [0.717, 1.165) is 23.5 Å². The molecule has 0 saturated heterocycles. The van der Waals surface area contributed by atoms with Crippen molar-refractivity contribution in [3.05, 3.63) is 52.3 Å². The molecule has 0 amide bonds. The van der Waals surface area contributed by atoms with Crippen LogP contribution in [0.2, 0.25) is 0 Å². The van der Waals surface area contributed by atoms with Crippen LogP contribution in [-0.4, -0.2) is 22.4 Å². The first kappa shape index (κ1) is 15.3. The van der Waals surface area contributed by atoms with Gasteiger partial charge in [0.15, 0.2) is 0 Å². The number of carbonyl (C=O) groups excluding carboxylic acids is 1. The van der Waals surface area contributed by atoms with E-state index >= 15 is 0 Å². The van der Waals surface area contributed by atoms with Crippen molar-refractivity contribution >= 4 is 5.97 Å². The summed E-state index contributed by atoms with van der Waals surface area (Å²) in [5, 5.41) is 4.55. The number of esters is 1. The van der Waals surface area contributed by atoms with Crippen LogP contribution < -0.4 is 0 Å². The molecule has 2 rings (SSSR count). The molecule has 112 valence electrons. The van der Waals surface area contributed by atoms with Gasteiger partial charge < -0.3 is 4.74 Å². The highest BCUT2D eigenvalue weighted by atomic mass is 16.5. The van der Waals surface area contributed by atoms with Gasteiger partial charge in [-0.05, 0) is 33.3 Å². The minimum Gasteiger partial charge on any atom is -0.466 e. The van der Waals surface area contributed by atoms with Crippen LogP contribution in [0.5, 0.6) is 0 Å². The first-order chi connectivity index (χ1) is 10.0. The van der Waals surface area contributed by atoms with Gasteiger partial charge in [-0.25, -0.2) is 0 Å². The Morgan fingerprint density at radius 2 is 1.86 bits per heavy atom. The van der Waals surface area contributed by atoms with Crippen molar-refractivity contribution in [1.82, 2.24) is 9.78 Å². The number of hydrogen-bond donors (Lipinski definition) is 0. The lowest BCUT2D eigenvalue weighted by Gasteiger charge is -2.06. The monoisotopic (exact) mass is 286 g/mol. The zero-order valence-corrected chi connectivity index (χ0v) is 13.1. The molecule has 0 aliphatic carbocycles. The number of carbonyl (C=O) groups is 1. The normalized spacial score (nSPS) is 10.7. The molecule has 0 N–H and O–H groups in total. The second-order valence-electron chi connectivity index (χ2n) is 5.27. The number of aromatic nitrogens is 2. The lowest BCUT2D eigenvalue weighted by molar-refractivity contribution is -0.142. The second-order valence-corrected chi connectivity index (χ2v) is 5.27. The smallest absolute Gasteiger partial charge is 0.310 e. The van der Waals surface area contributed by atoms with E-state index in [1.165, 1.54) is 11.1 Å². The van der Waals surface area contributed by atoms with E-state index in [9.17, 15) is 4.79 Å². The summed E-state index contributed by atoms with van der Waals surface area (Å²) in [5.74, 6) is -0.196. The number of ether oxygens (including phenoxy) is 1. The Bertz CT molecular complexity index is 627. The predicted molar refractivity (Wildman–Crippen MR) is 82.3 cm³/mol. The summed E-state index contributed by atoms with van der Waals surface area (Å²) in [5.41, 5.74) is 5.35. The summed E-state index contributed by atoms with van der Waals surface area (Å²) in [4.78, 5) is 11.7. The maximum atomic E-state index is 11.7. The number of benzene rings is 1. The van der Waals surface area contributed by atoms with E-state index in [0.29, 0.717) is 13.0 Å². The van der Waals surface area contributed by atoms with Crippen LogP contribution in [-0.2, 0) is 22.5 Å². The third kappa shape index (κ3) is 3.72. The molecule has 0 fully saturated rings. The highest BCUT2D eigenvalue weighted by Gasteiger charge is 2.15. The molecule has 0 atom stereocenters. The molecule has 1 aromatic carbocycles. The van der Waals surface area contributed by atoms with Gasteiger partial charge in [0.05, 0.1) is 25.3 Å². The van der Waals surface area contributed by atoms with Gasteiger partial charge in [0.2, 0.25) is 0 Å². The van der Waals surface area contributed by atoms with Crippen LogP contribution in [0.15, 0.2) is 24.3 Å². The summed E-state index contributed by atoms with van der Waals surface area (Å²) in [6, 6.07) is 8.41. The lowest BCUT2D eigenvalue weighted by atomic mass is 10.1. The van der Waals surface area contributed by atoms with Crippen molar-refractivity contribution in [2.75, 3.05) is 6.61 Å². The van der Waals surface area contributed by atoms with Gasteiger partial charge in [0.1, 0.15) is 0 Å². The molecular weight excluding hydrogens is 264 g/mol. The molecular formula is C17H22N2O2. The Morgan fingerprint density at radius 1 is 1.19 bits per heavy atom. The molecule has 0 bridgehead atoms. The SMILES string of the molecule is CCOC(=O)Cc1c(C)nn(Cc2ccc(C)cc2)c1C. The zero-order chi connectivity index (χ0) is 15.4. The van der Waals surface area contributed by atoms with E-state index in [2.05, 4.69) is 36.3 Å². The largest absolute Gasteiger partial charge is 0.466 e. The second kappa shape index (κ2) is 6.57. The lowest BCUT2D eigenvalue weighted by Crippen LogP contribution is -2.09. The Hall–Kier alpha value is -2.10. The van der Waals surface area contributed by atoms with Gasteiger partial charge in [-0.15, -0.1) is 0 Å². The molecule has 0 spiro atoms. The summed E-state index contributed by atoms with van der Waals surface area (Å²) in [6.07, 6.45) is 0.291. The van der Waals surface area contributed by atoms with Gasteiger partial charge >= 0.3 is 5.97 Å². The maximum Gasteiger partial charge on any atom is 0.310 e. The summed E-state index contributed by atoms with van der Waals surface area (Å²) < 4.78 is 6.97. The summed E-state index contributed by atoms with van der Waals surface area (Å²) in [7, 11) is 0. The minimum atomic E-state index is -0.196. The number of aryl methyl sites for hydroxylation is 2. The molecule has 21 heavy (non-hydrogen) atoms. The van der Waals surface area contributed by atoms with E-state index in [-0.39, 0.29) is 5.97 Å². The topological polar surface area (TPSA) is 44.1 Å². The third-order valence-corrected chi connectivity index (χ3v) is 3.61. The molecule has 0 saturated carbocycles. The van der Waals surface area contributed by atoms with Gasteiger partial charge in [0, 0.05) is 11.3 Å². The van der Waals surface area contributed by atoms with Crippen LogP contribution in [0.4, 0.5) is 0 Å². The Labute approximate surface area is 125 Å². The zero-order valence-electron chi connectivity index (χ0n) is 13.1. The van der Waals surface area contributed by atoms with Crippen molar-refractivity contribution in [1.29, 1.82) is 0 Å². The number of nitrogens with zero attached hydrogens (tertiary/aromatic N) is 2. The van der Waals surface area contributed by atoms with E-state index in [4.69, 9.17) is 4.74 Å². The van der Waals surface area contributed by atoms with Crippen molar-refractivity contribution in [3.8, 4) is 0 Å². The first-order valence-electron chi connectivity index (χ1n) is 7.25. The molecule has 4 heteroatoms. The van der Waals surface area contributed by atoms with E-state index in [1.807, 2.05) is 25.5 Å². The van der Waals surface area contributed by atoms with Crippen LogP contribution in [0.1, 0.15) is 35.0 Å². The van der Waals surface area contributed by atoms with Crippen molar-refractivity contribution in [2.45, 2.75) is 40.7 Å². The quantitative estimate of drug-likeness (QED) is 0.794. The predicted octanol–water partition coefficient (Wildman–Crippen LogP) is 2.96. The molecule has 0 radical (unpaired) electrons. The van der Waals surface area contributed by atoms with Crippen LogP contribution in [0.25, 0.3) is 0 Å². The summed E-state index contributed by atoms with van der Waals surface area (Å²) in [6.45, 7) is 8.96. The number of rotatable bonds is 5. The fourth-order valence-electron chi connectivity index (χ4n) is 2.37. The van der Waals surface area contributed by atoms with Gasteiger partial charge in [-0.3, -0.25) is 9.48 Å². The van der Waals surface area contributed by atoms with E-state index in [1.54, 1.807) is 0 Å². The first-order valence-corrected chi connectivity index (χ1v) is 7.25. The number of hydrogen-bond acceptors (Lipinski definition) is 3. The average molecular weight is 286 g/mol. The maximum absolute atomic E-state index is 11.7. The van der Waals surface area contributed by atoms with Gasteiger partial charge in [-0.1, -0.05) is 29.8 Å². The molecule has 2 aromatic rings. The van der Waals surface area contributed by atoms with Crippen molar-refractivity contribution in [3.63, 3.8) is 0 Å². The third-order valence-electron chi connectivity index (χ3n) is 3.61. The molecule has 0 aliphatic rings. The fraction of sp³-hybridized carbons (Fsp3) is 0.412. The highest BCUT2D eigenvalue weighted by Crippen LogP contribution is 2.16. The highest BCUT2D eigenvalue weighted by molar-refractivity contribution is 5.73. The minimum absolute atomic E-state index is 0.196. The van der Waals surface area contributed by atoms with Gasteiger partial charge in [-0.2, -0.15) is 5.10 Å². The molecule has 0 unspecified atom stereocenters. The molecule has 4 nitrogen and oxygen atoms in total. The Morgan fingerprint density at radius 3 is 2.48 bits per heavy atom. The Kier molecular flexibility index (Phi) is 4.78.